The highest BCUT2D eigenvalue weighted by atomic mass is 16.3. The van der Waals surface area contributed by atoms with Crippen LogP contribution in [-0.4, -0.2) is 15.9 Å². The Morgan fingerprint density at radius 2 is 1.81 bits per heavy atom. The van der Waals surface area contributed by atoms with E-state index in [0.717, 1.165) is 27.9 Å². The minimum absolute atomic E-state index is 0.179. The van der Waals surface area contributed by atoms with Crippen molar-refractivity contribution in [3.8, 4) is 0 Å². The molecule has 0 saturated heterocycles. The first-order valence-electron chi connectivity index (χ1n) is 8.71. The summed E-state index contributed by atoms with van der Waals surface area (Å²) in [5.74, 6) is 0.618. The fraction of sp³-hybridized carbons (Fsp3) is 0.350. The number of aryl methyl sites for hydroxylation is 3. The smallest absolute Gasteiger partial charge is 0.242 e. The molecule has 0 spiro atoms. The van der Waals surface area contributed by atoms with E-state index in [9.17, 15) is 4.79 Å². The third kappa shape index (κ3) is 3.85. The summed E-state index contributed by atoms with van der Waals surface area (Å²) in [4.78, 5) is 20.8. The first kappa shape index (κ1) is 17.9. The molecule has 1 amide bonds. The number of nitrogens with zero attached hydrogens (tertiary/aromatic N) is 2. The Labute approximate surface area is 153 Å². The molecule has 2 N–H and O–H groups in total. The van der Waals surface area contributed by atoms with Crippen LogP contribution in [-0.2, 0) is 11.2 Å². The number of aromatic nitrogens is 2. The van der Waals surface area contributed by atoms with Crippen LogP contribution >= 0.6 is 0 Å². The number of anilines is 1. The van der Waals surface area contributed by atoms with E-state index in [4.69, 9.17) is 4.42 Å². The molecule has 0 atom stereocenters. The Balaban J connectivity index is 1.74. The molecule has 0 radical (unpaired) electrons. The molecule has 2 aromatic heterocycles. The molecule has 6 heteroatoms. The number of hydrogen-bond acceptors (Lipinski definition) is 5. The lowest BCUT2D eigenvalue weighted by Crippen LogP contribution is -2.31. The van der Waals surface area contributed by atoms with Gasteiger partial charge in [0, 0.05) is 22.3 Å². The zero-order valence-corrected chi connectivity index (χ0v) is 15.8. The predicted octanol–water partition coefficient (Wildman–Crippen LogP) is 3.96. The summed E-state index contributed by atoms with van der Waals surface area (Å²) < 4.78 is 5.63. The van der Waals surface area contributed by atoms with Crippen LogP contribution in [0.15, 0.2) is 28.9 Å². The van der Waals surface area contributed by atoms with Crippen molar-refractivity contribution in [1.82, 2.24) is 15.4 Å². The SMILES string of the molecule is Cc1cc(C)nc(NNC(=O)Cc2coc3cc(C)c(C(C)C)cc23)n1. The van der Waals surface area contributed by atoms with E-state index < -0.39 is 0 Å². The van der Waals surface area contributed by atoms with Crippen LogP contribution < -0.4 is 10.9 Å². The van der Waals surface area contributed by atoms with Crippen LogP contribution in [0, 0.1) is 20.8 Å². The largest absolute Gasteiger partial charge is 0.464 e. The lowest BCUT2D eigenvalue weighted by Gasteiger charge is -2.10. The van der Waals surface area contributed by atoms with Gasteiger partial charge in [-0.25, -0.2) is 9.97 Å². The maximum absolute atomic E-state index is 12.3. The van der Waals surface area contributed by atoms with Crippen molar-refractivity contribution >= 4 is 22.8 Å². The highest BCUT2D eigenvalue weighted by Gasteiger charge is 2.14. The number of amides is 1. The summed E-state index contributed by atoms with van der Waals surface area (Å²) in [6.07, 6.45) is 1.87. The average molecular weight is 352 g/mol. The standard InChI is InChI=1S/C20H24N4O2/c1-11(2)16-9-17-15(10-26-18(17)6-12(16)3)8-19(25)23-24-20-21-13(4)7-14(5)22-20/h6-7,9-11H,8H2,1-5H3,(H,23,25)(H,21,22,24). The summed E-state index contributed by atoms with van der Waals surface area (Å²) in [5, 5.41) is 0.983. The van der Waals surface area contributed by atoms with E-state index in [2.05, 4.69) is 47.7 Å². The zero-order chi connectivity index (χ0) is 18.8. The molecule has 0 aliphatic rings. The summed E-state index contributed by atoms with van der Waals surface area (Å²) in [6.45, 7) is 10.2. The van der Waals surface area contributed by atoms with Gasteiger partial charge in [0.05, 0.1) is 12.7 Å². The molecule has 0 aliphatic heterocycles. The van der Waals surface area contributed by atoms with Crippen molar-refractivity contribution in [2.45, 2.75) is 47.0 Å². The van der Waals surface area contributed by atoms with Gasteiger partial charge >= 0.3 is 0 Å². The van der Waals surface area contributed by atoms with Crippen LogP contribution in [0.25, 0.3) is 11.0 Å². The van der Waals surface area contributed by atoms with Crippen LogP contribution in [0.5, 0.6) is 0 Å². The highest BCUT2D eigenvalue weighted by molar-refractivity contribution is 5.88. The summed E-state index contributed by atoms with van der Waals surface area (Å²) in [5.41, 5.74) is 11.2. The molecule has 136 valence electrons. The first-order chi connectivity index (χ1) is 12.3. The van der Waals surface area contributed by atoms with Gasteiger partial charge in [0.2, 0.25) is 11.9 Å². The fourth-order valence-electron chi connectivity index (χ4n) is 3.13. The molecule has 2 heterocycles. The number of furan rings is 1. The van der Waals surface area contributed by atoms with E-state index in [1.165, 1.54) is 11.1 Å². The number of carbonyl (C=O) groups excluding carboxylic acids is 1. The number of nitrogens with one attached hydrogen (secondary N) is 2. The van der Waals surface area contributed by atoms with E-state index in [1.54, 1.807) is 6.26 Å². The highest BCUT2D eigenvalue weighted by Crippen LogP contribution is 2.29. The monoisotopic (exact) mass is 352 g/mol. The predicted molar refractivity (Wildman–Crippen MR) is 102 cm³/mol. The molecule has 0 bridgehead atoms. The molecule has 1 aromatic carbocycles. The van der Waals surface area contributed by atoms with E-state index in [-0.39, 0.29) is 12.3 Å². The van der Waals surface area contributed by atoms with Crippen LogP contribution in [0.3, 0.4) is 0 Å². The topological polar surface area (TPSA) is 80.0 Å². The van der Waals surface area contributed by atoms with Crippen molar-refractivity contribution in [2.75, 3.05) is 5.43 Å². The maximum Gasteiger partial charge on any atom is 0.242 e. The lowest BCUT2D eigenvalue weighted by molar-refractivity contribution is -0.119. The molecular formula is C20H24N4O2. The summed E-state index contributed by atoms with van der Waals surface area (Å²) in [7, 11) is 0. The lowest BCUT2D eigenvalue weighted by atomic mass is 9.95. The van der Waals surface area contributed by atoms with Gasteiger partial charge in [-0.3, -0.25) is 15.6 Å². The van der Waals surface area contributed by atoms with Crippen molar-refractivity contribution < 1.29 is 9.21 Å². The summed E-state index contributed by atoms with van der Waals surface area (Å²) in [6, 6.07) is 6.04. The minimum atomic E-state index is -0.179. The van der Waals surface area contributed by atoms with E-state index in [0.29, 0.717) is 11.9 Å². The van der Waals surface area contributed by atoms with Gasteiger partial charge in [-0.1, -0.05) is 13.8 Å². The number of carbonyl (C=O) groups is 1. The van der Waals surface area contributed by atoms with Gasteiger partial charge in [-0.05, 0) is 56.0 Å². The van der Waals surface area contributed by atoms with Gasteiger partial charge in [0.15, 0.2) is 0 Å². The van der Waals surface area contributed by atoms with Gasteiger partial charge < -0.3 is 4.42 Å². The molecule has 0 fully saturated rings. The average Bonchev–Trinajstić information content (AvgIpc) is 2.93. The van der Waals surface area contributed by atoms with Gasteiger partial charge in [0.25, 0.3) is 0 Å². The molecule has 26 heavy (non-hydrogen) atoms. The molecular weight excluding hydrogens is 328 g/mol. The molecule has 0 unspecified atom stereocenters. The summed E-state index contributed by atoms with van der Waals surface area (Å²) >= 11 is 0. The fourth-order valence-corrected chi connectivity index (χ4v) is 3.13. The van der Waals surface area contributed by atoms with E-state index >= 15 is 0 Å². The van der Waals surface area contributed by atoms with Crippen molar-refractivity contribution in [1.29, 1.82) is 0 Å². The van der Waals surface area contributed by atoms with Crippen LogP contribution in [0.2, 0.25) is 0 Å². The van der Waals surface area contributed by atoms with E-state index in [1.807, 2.05) is 26.0 Å². The Hall–Kier alpha value is -2.89. The minimum Gasteiger partial charge on any atom is -0.464 e. The molecule has 3 rings (SSSR count). The van der Waals surface area contributed by atoms with Gasteiger partial charge in [-0.15, -0.1) is 0 Å². The number of fused-ring (bicyclic) bond motifs is 1. The van der Waals surface area contributed by atoms with Crippen molar-refractivity contribution in [3.05, 3.63) is 52.5 Å². The molecule has 3 aromatic rings. The third-order valence-electron chi connectivity index (χ3n) is 4.31. The second-order valence-corrected chi connectivity index (χ2v) is 6.94. The Morgan fingerprint density at radius 3 is 2.46 bits per heavy atom. The Morgan fingerprint density at radius 1 is 1.12 bits per heavy atom. The second-order valence-electron chi connectivity index (χ2n) is 6.94. The number of benzene rings is 1. The number of hydrazine groups is 1. The Kier molecular flexibility index (Phi) is 4.93. The quantitative estimate of drug-likeness (QED) is 0.680. The molecule has 0 saturated carbocycles. The number of rotatable bonds is 5. The third-order valence-corrected chi connectivity index (χ3v) is 4.31. The van der Waals surface area contributed by atoms with Gasteiger partial charge in [-0.2, -0.15) is 0 Å². The van der Waals surface area contributed by atoms with Crippen LogP contribution in [0.1, 0.15) is 47.8 Å². The van der Waals surface area contributed by atoms with Crippen molar-refractivity contribution in [3.63, 3.8) is 0 Å². The van der Waals surface area contributed by atoms with Gasteiger partial charge in [0.1, 0.15) is 5.58 Å². The Bertz CT molecular complexity index is 940. The normalized spacial score (nSPS) is 11.2. The van der Waals surface area contributed by atoms with Crippen molar-refractivity contribution in [2.24, 2.45) is 0 Å². The molecule has 6 nitrogen and oxygen atoms in total. The number of hydrogen-bond donors (Lipinski definition) is 2. The zero-order valence-electron chi connectivity index (χ0n) is 15.8. The van der Waals surface area contributed by atoms with Crippen LogP contribution in [0.4, 0.5) is 5.95 Å². The molecule has 0 aliphatic carbocycles. The second kappa shape index (κ2) is 7.15. The first-order valence-corrected chi connectivity index (χ1v) is 8.71. The maximum atomic E-state index is 12.3.